The van der Waals surface area contributed by atoms with Gasteiger partial charge in [0.15, 0.2) is 0 Å². The van der Waals surface area contributed by atoms with Crippen molar-refractivity contribution in [1.82, 2.24) is 20.1 Å². The van der Waals surface area contributed by atoms with Crippen molar-refractivity contribution in [1.29, 1.82) is 0 Å². The zero-order valence-electron chi connectivity index (χ0n) is 33.9. The molecule has 4 aromatic carbocycles. The molecule has 2 fully saturated rings. The second-order valence-electron chi connectivity index (χ2n) is 15.9. The first kappa shape index (κ1) is 43.6. The first-order valence-corrected chi connectivity index (χ1v) is 20.8. The van der Waals surface area contributed by atoms with Crippen molar-refractivity contribution in [3.63, 3.8) is 0 Å². The number of aromatic amines is 1. The number of aryl methyl sites for hydroxylation is 1. The molecule has 0 amide bonds. The van der Waals surface area contributed by atoms with Crippen LogP contribution in [0.2, 0.25) is 10.0 Å². The van der Waals surface area contributed by atoms with E-state index in [0.29, 0.717) is 21.9 Å². The minimum Gasteiger partial charge on any atom is -0.497 e. The van der Waals surface area contributed by atoms with Crippen LogP contribution in [0.5, 0.6) is 11.5 Å². The third kappa shape index (κ3) is 12.7. The van der Waals surface area contributed by atoms with E-state index in [1.54, 1.807) is 13.2 Å². The third-order valence-electron chi connectivity index (χ3n) is 11.6. The largest absolute Gasteiger partial charge is 0.497 e. The molecule has 7 nitrogen and oxygen atoms in total. The molecule has 0 saturated carbocycles. The first-order chi connectivity index (χ1) is 27.1. The fourth-order valence-corrected chi connectivity index (χ4v) is 8.03. The van der Waals surface area contributed by atoms with E-state index in [0.717, 1.165) is 49.1 Å². The molecule has 9 heteroatoms. The molecule has 0 aliphatic carbocycles. The number of hydrogen-bond donors (Lipinski definition) is 3. The van der Waals surface area contributed by atoms with Gasteiger partial charge in [-0.25, -0.2) is 0 Å². The maximum absolute atomic E-state index is 9.44. The normalized spacial score (nSPS) is 18.7. The fourth-order valence-electron chi connectivity index (χ4n) is 7.71. The highest BCUT2D eigenvalue weighted by Gasteiger charge is 2.29. The van der Waals surface area contributed by atoms with Gasteiger partial charge in [-0.2, -0.15) is 0 Å². The molecular weight excluding hydrogens is 739 g/mol. The summed E-state index contributed by atoms with van der Waals surface area (Å²) in [5.74, 6) is 3.77. The Kier molecular flexibility index (Phi) is 17.0. The number of nitrogens with one attached hydrogen (secondary N) is 2. The highest BCUT2D eigenvalue weighted by molar-refractivity contribution is 6.42. The highest BCUT2D eigenvalue weighted by Crippen LogP contribution is 2.33. The van der Waals surface area contributed by atoms with Crippen LogP contribution < -0.4 is 14.8 Å². The summed E-state index contributed by atoms with van der Waals surface area (Å²) in [6.45, 7) is 7.50. The minimum absolute atomic E-state index is 0.0975. The van der Waals surface area contributed by atoms with E-state index in [1.165, 1.54) is 67.2 Å². The van der Waals surface area contributed by atoms with Crippen LogP contribution in [0, 0.1) is 11.8 Å². The van der Waals surface area contributed by atoms with E-state index in [-0.39, 0.29) is 12.1 Å². The first-order valence-electron chi connectivity index (χ1n) is 20.1. The number of methoxy groups -OCH3 is 1. The number of fused-ring (bicyclic) bond motifs is 1. The maximum atomic E-state index is 9.44. The quantitative estimate of drug-likeness (QED) is 0.117. The predicted octanol–water partition coefficient (Wildman–Crippen LogP) is 9.76. The predicted molar refractivity (Wildman–Crippen MR) is 235 cm³/mol. The Morgan fingerprint density at radius 3 is 2.25 bits per heavy atom. The monoisotopic (exact) mass is 800 g/mol. The molecule has 2 aliphatic rings. The second-order valence-corrected chi connectivity index (χ2v) is 16.7. The lowest BCUT2D eigenvalue weighted by molar-refractivity contribution is 0.0842. The number of ether oxygens (including phenoxy) is 2. The number of aliphatic hydroxyl groups is 1. The van der Waals surface area contributed by atoms with Crippen molar-refractivity contribution in [2.45, 2.75) is 56.9 Å². The molecule has 3 heterocycles. The van der Waals surface area contributed by atoms with Crippen molar-refractivity contribution < 1.29 is 14.6 Å². The molecule has 3 atom stereocenters. The van der Waals surface area contributed by atoms with E-state index < -0.39 is 0 Å². The number of rotatable bonds is 12. The number of nitrogens with zero attached hydrogens (tertiary/aromatic N) is 2. The van der Waals surface area contributed by atoms with Gasteiger partial charge in [-0.15, -0.1) is 0 Å². The smallest absolute Gasteiger partial charge is 0.119 e. The van der Waals surface area contributed by atoms with Crippen LogP contribution in [0.4, 0.5) is 0 Å². The average Bonchev–Trinajstić information content (AvgIpc) is 3.65. The van der Waals surface area contributed by atoms with Crippen LogP contribution in [0.3, 0.4) is 0 Å². The Balaban J connectivity index is 0.000000164. The Morgan fingerprint density at radius 2 is 1.57 bits per heavy atom. The van der Waals surface area contributed by atoms with Gasteiger partial charge < -0.3 is 34.7 Å². The molecule has 7 rings (SSSR count). The van der Waals surface area contributed by atoms with Crippen LogP contribution in [-0.2, 0) is 12.8 Å². The Morgan fingerprint density at radius 1 is 0.875 bits per heavy atom. The number of likely N-dealkylation sites (N-methyl/N-ethyl adjacent to an activating group) is 1. The summed E-state index contributed by atoms with van der Waals surface area (Å²) >= 11 is 11.8. The molecule has 302 valence electrons. The van der Waals surface area contributed by atoms with Crippen LogP contribution >= 0.6 is 23.2 Å². The summed E-state index contributed by atoms with van der Waals surface area (Å²) in [6.07, 6.45) is 9.36. The topological polar surface area (TPSA) is 73.0 Å². The van der Waals surface area contributed by atoms with Crippen LogP contribution in [0.25, 0.3) is 10.9 Å². The Bertz CT molecular complexity index is 1880. The third-order valence-corrected chi connectivity index (χ3v) is 12.4. The van der Waals surface area contributed by atoms with E-state index in [9.17, 15) is 5.11 Å². The van der Waals surface area contributed by atoms with Gasteiger partial charge in [-0.05, 0) is 157 Å². The van der Waals surface area contributed by atoms with Gasteiger partial charge in [-0.3, -0.25) is 0 Å². The van der Waals surface area contributed by atoms with Gasteiger partial charge in [0.1, 0.15) is 11.5 Å². The van der Waals surface area contributed by atoms with Gasteiger partial charge >= 0.3 is 0 Å². The molecule has 3 N–H and O–H groups in total. The number of H-pyrrole nitrogens is 1. The summed E-state index contributed by atoms with van der Waals surface area (Å²) in [5, 5.41) is 15.4. The zero-order chi connectivity index (χ0) is 39.9. The summed E-state index contributed by atoms with van der Waals surface area (Å²) in [5.41, 5.74) is 4.98. The van der Waals surface area contributed by atoms with Crippen molar-refractivity contribution in [3.8, 4) is 11.5 Å². The summed E-state index contributed by atoms with van der Waals surface area (Å²) in [7, 11) is 7.78. The van der Waals surface area contributed by atoms with E-state index in [2.05, 4.69) is 83.0 Å². The SMILES string of the molecule is CN(C)C(C)(CO)Cc1ccc(Cl)c(Cl)c1.COc1ccc(OC[C@H]2CN(C)CC[C@@H]2c2ccccc2)cc1.c1ccc2c(CCC3CCNCC3)c[nH]c2c1. The number of para-hydroxylation sites is 1. The van der Waals surface area contributed by atoms with Crippen molar-refractivity contribution in [2.24, 2.45) is 11.8 Å². The standard InChI is InChI=1S/C20H25NO2.C15H20N2.C12H17Cl2NO/c1-21-13-12-20(16-6-4-3-5-7-16)17(14-21)15-23-19-10-8-18(22-2)9-11-19;1-2-4-15-14(3-1)13(11-17-15)6-5-12-7-9-16-10-8-12;1-12(8-16,15(2)3)7-9-4-5-10(13)11(14)6-9/h3-11,17,20H,12-15H2,1-2H3;1-4,11-12,16-17H,5-10H2;4-6,16H,7-8H2,1-3H3/t17-,20-;;/m1../s1. The number of aromatic nitrogens is 1. The summed E-state index contributed by atoms with van der Waals surface area (Å²) < 4.78 is 11.3. The Labute approximate surface area is 345 Å². The van der Waals surface area contributed by atoms with Gasteiger partial charge in [0.05, 0.1) is 30.4 Å². The highest BCUT2D eigenvalue weighted by atomic mass is 35.5. The van der Waals surface area contributed by atoms with E-state index >= 15 is 0 Å². The number of hydrogen-bond acceptors (Lipinski definition) is 6. The lowest BCUT2D eigenvalue weighted by atomic mass is 9.81. The van der Waals surface area contributed by atoms with Gasteiger partial charge in [0.2, 0.25) is 0 Å². The molecule has 2 aliphatic heterocycles. The number of halogens is 2. The Hall–Kier alpha value is -3.56. The lowest BCUT2D eigenvalue weighted by Gasteiger charge is -2.37. The molecule has 0 bridgehead atoms. The number of likely N-dealkylation sites (tertiary alicyclic amines) is 1. The molecule has 5 aromatic rings. The fraction of sp³-hybridized carbons (Fsp3) is 0.447. The minimum atomic E-state index is -0.281. The van der Waals surface area contributed by atoms with Gasteiger partial charge in [0, 0.05) is 35.1 Å². The molecule has 0 spiro atoms. The second kappa shape index (κ2) is 21.8. The lowest BCUT2D eigenvalue weighted by Crippen LogP contribution is -2.46. The van der Waals surface area contributed by atoms with Gasteiger partial charge in [0.25, 0.3) is 0 Å². The van der Waals surface area contributed by atoms with Crippen LogP contribution in [0.15, 0.2) is 103 Å². The molecular formula is C47H62Cl2N4O3. The van der Waals surface area contributed by atoms with Crippen LogP contribution in [0.1, 0.15) is 55.2 Å². The molecule has 2 saturated heterocycles. The van der Waals surface area contributed by atoms with E-state index in [4.69, 9.17) is 32.7 Å². The van der Waals surface area contributed by atoms with Crippen molar-refractivity contribution in [3.05, 3.63) is 130 Å². The average molecular weight is 802 g/mol. The summed E-state index contributed by atoms with van der Waals surface area (Å²) in [4.78, 5) is 7.78. The zero-order valence-corrected chi connectivity index (χ0v) is 35.5. The number of aliphatic hydroxyl groups excluding tert-OH is 1. The van der Waals surface area contributed by atoms with Gasteiger partial charge in [-0.1, -0.05) is 77.8 Å². The van der Waals surface area contributed by atoms with Crippen molar-refractivity contribution >= 4 is 34.1 Å². The number of benzene rings is 4. The van der Waals surface area contributed by atoms with Crippen molar-refractivity contribution in [2.75, 3.05) is 67.6 Å². The summed E-state index contributed by atoms with van der Waals surface area (Å²) in [6, 6.07) is 32.9. The molecule has 56 heavy (non-hydrogen) atoms. The molecule has 1 unspecified atom stereocenters. The van der Waals surface area contributed by atoms with E-state index in [1.807, 2.05) is 62.3 Å². The molecule has 0 radical (unpaired) electrons. The maximum Gasteiger partial charge on any atom is 0.119 e. The number of piperidine rings is 2. The van der Waals surface area contributed by atoms with Crippen LogP contribution in [-0.4, -0.2) is 93.1 Å². The molecule has 1 aromatic heterocycles.